The fourth-order valence-corrected chi connectivity index (χ4v) is 2.66. The van der Waals surface area contributed by atoms with Gasteiger partial charge in [0.25, 0.3) is 0 Å². The Labute approximate surface area is 156 Å². The third kappa shape index (κ3) is 4.29. The maximum Gasteiger partial charge on any atom is 0.152 e. The molecule has 0 fully saturated rings. The second kappa shape index (κ2) is 8.31. The molecule has 2 N–H and O–H groups in total. The Morgan fingerprint density at radius 2 is 1.92 bits per heavy atom. The van der Waals surface area contributed by atoms with Crippen molar-refractivity contribution in [3.8, 4) is 17.0 Å². The van der Waals surface area contributed by atoms with Crippen molar-refractivity contribution in [1.82, 2.24) is 4.98 Å². The minimum absolute atomic E-state index is 0.499. The smallest absolute Gasteiger partial charge is 0.152 e. The zero-order valence-corrected chi connectivity index (χ0v) is 14.8. The number of rotatable bonds is 7. The zero-order chi connectivity index (χ0) is 18.4. The van der Waals surface area contributed by atoms with Crippen LogP contribution < -0.4 is 15.5 Å². The Morgan fingerprint density at radius 1 is 1.12 bits per heavy atom. The number of hydrogen-bond acceptors (Lipinski definition) is 5. The van der Waals surface area contributed by atoms with Gasteiger partial charge in [-0.2, -0.15) is 0 Å². The molecule has 0 spiro atoms. The van der Waals surface area contributed by atoms with Crippen molar-refractivity contribution in [3.63, 3.8) is 0 Å². The molecule has 3 rings (SSSR count). The number of halogens is 1. The first-order chi connectivity index (χ1) is 12.7. The molecule has 26 heavy (non-hydrogen) atoms. The fourth-order valence-electron chi connectivity index (χ4n) is 2.47. The molecule has 3 aromatic rings. The SMILES string of the molecule is COc1ccc(CNc2nc(-c3cccc(Cl)c3)ccc2NN=O)cc1. The van der Waals surface area contributed by atoms with Gasteiger partial charge in [0.2, 0.25) is 0 Å². The van der Waals surface area contributed by atoms with Crippen LogP contribution in [0.4, 0.5) is 11.5 Å². The van der Waals surface area contributed by atoms with Crippen LogP contribution in [-0.4, -0.2) is 12.1 Å². The predicted molar refractivity (Wildman–Crippen MR) is 104 cm³/mol. The second-order valence-electron chi connectivity index (χ2n) is 5.51. The van der Waals surface area contributed by atoms with Gasteiger partial charge in [-0.3, -0.25) is 0 Å². The van der Waals surface area contributed by atoms with Crippen LogP contribution in [0.1, 0.15) is 5.56 Å². The average molecular weight is 369 g/mol. The monoisotopic (exact) mass is 368 g/mol. The summed E-state index contributed by atoms with van der Waals surface area (Å²) in [4.78, 5) is 15.2. The molecule has 0 aliphatic carbocycles. The van der Waals surface area contributed by atoms with Gasteiger partial charge in [-0.15, -0.1) is 4.91 Å². The molecule has 0 aliphatic rings. The lowest BCUT2D eigenvalue weighted by atomic mass is 10.1. The van der Waals surface area contributed by atoms with Crippen LogP contribution in [0.3, 0.4) is 0 Å². The molecule has 0 unspecified atom stereocenters. The maximum absolute atomic E-state index is 10.6. The van der Waals surface area contributed by atoms with E-state index < -0.39 is 0 Å². The van der Waals surface area contributed by atoms with Crippen LogP contribution in [0.15, 0.2) is 65.9 Å². The number of pyridine rings is 1. The van der Waals surface area contributed by atoms with E-state index in [1.165, 1.54) is 0 Å². The number of nitroso groups, excluding NO2 is 1. The van der Waals surface area contributed by atoms with E-state index in [1.54, 1.807) is 25.3 Å². The first-order valence-corrected chi connectivity index (χ1v) is 8.29. The molecule has 0 aliphatic heterocycles. The van der Waals surface area contributed by atoms with E-state index in [4.69, 9.17) is 16.3 Å². The van der Waals surface area contributed by atoms with Crippen LogP contribution in [0.5, 0.6) is 5.75 Å². The average Bonchev–Trinajstić information content (AvgIpc) is 2.68. The van der Waals surface area contributed by atoms with Gasteiger partial charge in [0, 0.05) is 17.1 Å². The van der Waals surface area contributed by atoms with E-state index in [2.05, 4.69) is 21.0 Å². The van der Waals surface area contributed by atoms with Crippen molar-refractivity contribution in [3.05, 3.63) is 76.2 Å². The molecule has 1 heterocycles. The first kappa shape index (κ1) is 17.7. The summed E-state index contributed by atoms with van der Waals surface area (Å²) in [7, 11) is 1.63. The van der Waals surface area contributed by atoms with Gasteiger partial charge in [-0.05, 0) is 42.0 Å². The fraction of sp³-hybridized carbons (Fsp3) is 0.105. The molecule has 0 atom stereocenters. The summed E-state index contributed by atoms with van der Waals surface area (Å²) in [6, 6.07) is 18.7. The zero-order valence-electron chi connectivity index (χ0n) is 14.1. The quantitative estimate of drug-likeness (QED) is 0.447. The molecule has 0 radical (unpaired) electrons. The van der Waals surface area contributed by atoms with Crippen molar-refractivity contribution >= 4 is 23.1 Å². The topological polar surface area (TPSA) is 75.6 Å². The molecule has 0 amide bonds. The van der Waals surface area contributed by atoms with E-state index in [1.807, 2.05) is 42.5 Å². The lowest BCUT2D eigenvalue weighted by molar-refractivity contribution is 0.414. The maximum atomic E-state index is 10.6. The van der Waals surface area contributed by atoms with Crippen molar-refractivity contribution in [2.45, 2.75) is 6.54 Å². The highest BCUT2D eigenvalue weighted by Crippen LogP contribution is 2.27. The number of nitrogens with zero attached hydrogens (tertiary/aromatic N) is 2. The third-order valence-electron chi connectivity index (χ3n) is 3.80. The molecular weight excluding hydrogens is 352 g/mol. The van der Waals surface area contributed by atoms with E-state index in [0.29, 0.717) is 23.1 Å². The third-order valence-corrected chi connectivity index (χ3v) is 4.04. The number of benzene rings is 2. The second-order valence-corrected chi connectivity index (χ2v) is 5.94. The molecular formula is C19H17ClN4O2. The van der Waals surface area contributed by atoms with Gasteiger partial charge < -0.3 is 10.1 Å². The summed E-state index contributed by atoms with van der Waals surface area (Å²) in [5.74, 6) is 1.32. The Kier molecular flexibility index (Phi) is 5.66. The van der Waals surface area contributed by atoms with Crippen LogP contribution >= 0.6 is 11.6 Å². The molecule has 2 aromatic carbocycles. The minimum atomic E-state index is 0.499. The largest absolute Gasteiger partial charge is 0.497 e. The normalized spacial score (nSPS) is 10.2. The van der Waals surface area contributed by atoms with Gasteiger partial charge in [-0.25, -0.2) is 10.4 Å². The Bertz CT molecular complexity index is 900. The summed E-state index contributed by atoms with van der Waals surface area (Å²) in [5, 5.41) is 6.61. The Balaban J connectivity index is 1.85. The van der Waals surface area contributed by atoms with Crippen LogP contribution in [-0.2, 0) is 6.54 Å². The van der Waals surface area contributed by atoms with E-state index in [9.17, 15) is 4.91 Å². The number of nitrogens with one attached hydrogen (secondary N) is 2. The van der Waals surface area contributed by atoms with Gasteiger partial charge in [0.05, 0.1) is 18.1 Å². The van der Waals surface area contributed by atoms with Gasteiger partial charge in [-0.1, -0.05) is 35.9 Å². The van der Waals surface area contributed by atoms with Crippen molar-refractivity contribution in [2.24, 2.45) is 5.29 Å². The van der Waals surface area contributed by atoms with Crippen LogP contribution in [0, 0.1) is 4.91 Å². The Hall–Kier alpha value is -3.12. The Morgan fingerprint density at radius 3 is 2.62 bits per heavy atom. The number of hydrogen-bond donors (Lipinski definition) is 2. The van der Waals surface area contributed by atoms with Gasteiger partial charge in [0.15, 0.2) is 5.82 Å². The highest BCUT2D eigenvalue weighted by atomic mass is 35.5. The summed E-state index contributed by atoms with van der Waals surface area (Å²) < 4.78 is 5.16. The summed E-state index contributed by atoms with van der Waals surface area (Å²) in [6.45, 7) is 0.531. The molecule has 132 valence electrons. The van der Waals surface area contributed by atoms with Crippen molar-refractivity contribution in [1.29, 1.82) is 0 Å². The molecule has 1 aromatic heterocycles. The molecule has 0 saturated carbocycles. The minimum Gasteiger partial charge on any atom is -0.497 e. The van der Waals surface area contributed by atoms with Gasteiger partial charge >= 0.3 is 0 Å². The highest BCUT2D eigenvalue weighted by Gasteiger charge is 2.08. The number of ether oxygens (including phenoxy) is 1. The van der Waals surface area contributed by atoms with Crippen molar-refractivity contribution in [2.75, 3.05) is 17.9 Å². The first-order valence-electron chi connectivity index (χ1n) is 7.92. The van der Waals surface area contributed by atoms with Crippen molar-refractivity contribution < 1.29 is 4.74 Å². The van der Waals surface area contributed by atoms with E-state index >= 15 is 0 Å². The van der Waals surface area contributed by atoms with E-state index in [-0.39, 0.29) is 0 Å². The summed E-state index contributed by atoms with van der Waals surface area (Å²) >= 11 is 6.06. The molecule has 7 heteroatoms. The van der Waals surface area contributed by atoms with Crippen LogP contribution in [0.2, 0.25) is 5.02 Å². The number of anilines is 2. The van der Waals surface area contributed by atoms with E-state index in [0.717, 1.165) is 22.6 Å². The molecule has 6 nitrogen and oxygen atoms in total. The standard InChI is InChI=1S/C19H17ClN4O2/c1-26-16-7-5-13(6-8-16)12-21-19-18(23-24-25)10-9-17(22-19)14-3-2-4-15(20)11-14/h2-11H,12H2,1H3,(H,21,22)(H,23,25). The summed E-state index contributed by atoms with van der Waals surface area (Å²) in [5.41, 5.74) is 5.59. The molecule has 0 saturated heterocycles. The van der Waals surface area contributed by atoms with Crippen LogP contribution in [0.25, 0.3) is 11.3 Å². The van der Waals surface area contributed by atoms with Gasteiger partial charge in [0.1, 0.15) is 11.4 Å². The number of aromatic nitrogens is 1. The number of methoxy groups -OCH3 is 1. The molecule has 0 bridgehead atoms. The predicted octanol–water partition coefficient (Wildman–Crippen LogP) is 5.12. The summed E-state index contributed by atoms with van der Waals surface area (Å²) in [6.07, 6.45) is 0. The lowest BCUT2D eigenvalue weighted by Gasteiger charge is -2.12. The highest BCUT2D eigenvalue weighted by molar-refractivity contribution is 6.30. The lowest BCUT2D eigenvalue weighted by Crippen LogP contribution is -2.05.